The largest absolute Gasteiger partial charge is 0.467 e. The first-order valence-corrected chi connectivity index (χ1v) is 8.77. The number of anilines is 1. The van der Waals surface area contributed by atoms with Crippen LogP contribution in [0.25, 0.3) is 5.52 Å². The summed E-state index contributed by atoms with van der Waals surface area (Å²) in [6.07, 6.45) is 3.24. The van der Waals surface area contributed by atoms with E-state index in [2.05, 4.69) is 15.6 Å². The van der Waals surface area contributed by atoms with Crippen LogP contribution >= 0.6 is 0 Å². The minimum Gasteiger partial charge on any atom is -0.467 e. The van der Waals surface area contributed by atoms with Gasteiger partial charge in [-0.1, -0.05) is 18.2 Å². The summed E-state index contributed by atoms with van der Waals surface area (Å²) in [4.78, 5) is 29.7. The summed E-state index contributed by atoms with van der Waals surface area (Å²) in [6.45, 7) is 2.18. The lowest BCUT2D eigenvalue weighted by atomic mass is 10.2. The van der Waals surface area contributed by atoms with Gasteiger partial charge >= 0.3 is 0 Å². The number of aryl methyl sites for hydroxylation is 1. The van der Waals surface area contributed by atoms with E-state index in [-0.39, 0.29) is 24.0 Å². The zero-order valence-corrected chi connectivity index (χ0v) is 15.2. The van der Waals surface area contributed by atoms with E-state index in [4.69, 9.17) is 4.42 Å². The molecule has 0 spiro atoms. The van der Waals surface area contributed by atoms with Crippen LogP contribution in [0.5, 0.6) is 0 Å². The normalized spacial score (nSPS) is 10.8. The van der Waals surface area contributed by atoms with Crippen LogP contribution in [0.2, 0.25) is 0 Å². The van der Waals surface area contributed by atoms with E-state index < -0.39 is 5.91 Å². The smallest absolute Gasteiger partial charge is 0.288 e. The van der Waals surface area contributed by atoms with Gasteiger partial charge in [-0.25, -0.2) is 4.98 Å². The van der Waals surface area contributed by atoms with Crippen molar-refractivity contribution in [1.29, 1.82) is 0 Å². The Morgan fingerprint density at radius 1 is 1.07 bits per heavy atom. The molecule has 0 radical (unpaired) electrons. The highest BCUT2D eigenvalue weighted by molar-refractivity contribution is 6.08. The number of benzene rings is 1. The molecule has 7 nitrogen and oxygen atoms in total. The van der Waals surface area contributed by atoms with Crippen LogP contribution in [0.1, 0.15) is 32.4 Å². The number of aromatic nitrogens is 2. The average Bonchev–Trinajstić information content (AvgIpc) is 3.34. The fourth-order valence-corrected chi connectivity index (χ4v) is 2.94. The van der Waals surface area contributed by atoms with Gasteiger partial charge in [0.2, 0.25) is 5.82 Å². The van der Waals surface area contributed by atoms with Crippen molar-refractivity contribution in [3.8, 4) is 0 Å². The quantitative estimate of drug-likeness (QED) is 0.560. The second-order valence-corrected chi connectivity index (χ2v) is 6.33. The minimum absolute atomic E-state index is 0.136. The summed E-state index contributed by atoms with van der Waals surface area (Å²) in [7, 11) is 0. The molecule has 0 unspecified atom stereocenters. The second kappa shape index (κ2) is 7.40. The number of imidazole rings is 1. The highest BCUT2D eigenvalue weighted by Gasteiger charge is 2.21. The van der Waals surface area contributed by atoms with E-state index in [0.717, 1.165) is 5.56 Å². The highest BCUT2D eigenvalue weighted by Crippen LogP contribution is 2.17. The summed E-state index contributed by atoms with van der Waals surface area (Å²) in [5, 5.41) is 5.59. The molecule has 140 valence electrons. The number of hydrogen-bond donors (Lipinski definition) is 2. The molecule has 0 aliphatic heterocycles. The first kappa shape index (κ1) is 17.5. The van der Waals surface area contributed by atoms with Gasteiger partial charge in [0.15, 0.2) is 5.69 Å². The van der Waals surface area contributed by atoms with Crippen molar-refractivity contribution < 1.29 is 14.0 Å². The van der Waals surface area contributed by atoms with Gasteiger partial charge in [-0.05, 0) is 48.9 Å². The molecule has 0 bridgehead atoms. The molecule has 3 aromatic heterocycles. The van der Waals surface area contributed by atoms with E-state index in [1.807, 2.05) is 25.1 Å². The Kier molecular flexibility index (Phi) is 4.63. The third kappa shape index (κ3) is 3.50. The third-order valence-corrected chi connectivity index (χ3v) is 4.25. The van der Waals surface area contributed by atoms with Crippen molar-refractivity contribution in [1.82, 2.24) is 14.7 Å². The molecule has 0 saturated heterocycles. The Balaban J connectivity index is 1.62. The van der Waals surface area contributed by atoms with Gasteiger partial charge < -0.3 is 15.1 Å². The molecule has 4 aromatic rings. The van der Waals surface area contributed by atoms with Crippen molar-refractivity contribution in [2.24, 2.45) is 0 Å². The molecule has 3 heterocycles. The summed E-state index contributed by atoms with van der Waals surface area (Å²) < 4.78 is 6.82. The lowest BCUT2D eigenvalue weighted by molar-refractivity contribution is 0.0937. The van der Waals surface area contributed by atoms with Crippen molar-refractivity contribution in [2.45, 2.75) is 13.5 Å². The fraction of sp³-hybridized carbons (Fsp3) is 0.0952. The van der Waals surface area contributed by atoms with E-state index >= 15 is 0 Å². The summed E-state index contributed by atoms with van der Waals surface area (Å²) in [5.74, 6) is -0.00485. The van der Waals surface area contributed by atoms with Gasteiger partial charge in [0.1, 0.15) is 5.76 Å². The number of nitrogens with zero attached hydrogens (tertiary/aromatic N) is 2. The maximum atomic E-state index is 12.8. The minimum atomic E-state index is -0.396. The first-order chi connectivity index (χ1) is 13.6. The number of pyridine rings is 1. The number of hydrogen-bond acceptors (Lipinski definition) is 4. The van der Waals surface area contributed by atoms with Gasteiger partial charge in [0.05, 0.1) is 18.3 Å². The third-order valence-electron chi connectivity index (χ3n) is 4.25. The zero-order valence-electron chi connectivity index (χ0n) is 15.2. The SMILES string of the molecule is Cc1cccc(NC(=O)c2nc(C(=O)NCc3ccco3)n3ccccc23)c1. The van der Waals surface area contributed by atoms with Crippen molar-refractivity contribution in [3.05, 3.63) is 89.9 Å². The van der Waals surface area contributed by atoms with Gasteiger partial charge in [0, 0.05) is 11.9 Å². The molecule has 0 aliphatic rings. The van der Waals surface area contributed by atoms with Crippen LogP contribution in [0.15, 0.2) is 71.5 Å². The Hall–Kier alpha value is -3.87. The summed E-state index contributed by atoms with van der Waals surface area (Å²) in [5.41, 5.74) is 2.44. The van der Waals surface area contributed by atoms with Gasteiger partial charge in [-0.2, -0.15) is 0 Å². The number of fused-ring (bicyclic) bond motifs is 1. The van der Waals surface area contributed by atoms with E-state index in [9.17, 15) is 9.59 Å². The Morgan fingerprint density at radius 2 is 1.96 bits per heavy atom. The van der Waals surface area contributed by atoms with E-state index in [0.29, 0.717) is 17.0 Å². The van der Waals surface area contributed by atoms with Crippen LogP contribution in [-0.2, 0) is 6.54 Å². The molecule has 1 aromatic carbocycles. The number of furan rings is 1. The van der Waals surface area contributed by atoms with Gasteiger partial charge in [0.25, 0.3) is 11.8 Å². The van der Waals surface area contributed by atoms with E-state index in [1.54, 1.807) is 53.3 Å². The Labute approximate surface area is 161 Å². The maximum absolute atomic E-state index is 12.8. The van der Waals surface area contributed by atoms with Crippen molar-refractivity contribution in [2.75, 3.05) is 5.32 Å². The van der Waals surface area contributed by atoms with Crippen LogP contribution in [0.3, 0.4) is 0 Å². The Bertz CT molecular complexity index is 1150. The van der Waals surface area contributed by atoms with Gasteiger partial charge in [-0.3, -0.25) is 14.0 Å². The number of rotatable bonds is 5. The van der Waals surface area contributed by atoms with E-state index in [1.165, 1.54) is 0 Å². The molecule has 7 heteroatoms. The fourth-order valence-electron chi connectivity index (χ4n) is 2.94. The van der Waals surface area contributed by atoms with Gasteiger partial charge in [-0.15, -0.1) is 0 Å². The molecular weight excluding hydrogens is 356 g/mol. The predicted molar refractivity (Wildman–Crippen MR) is 104 cm³/mol. The standard InChI is InChI=1S/C21H18N4O3/c1-14-6-4-7-15(12-14)23-20(26)18-17-9-2-3-10-25(17)19(24-18)21(27)22-13-16-8-5-11-28-16/h2-12H,13H2,1H3,(H,22,27)(H,23,26). The van der Waals surface area contributed by atoms with Crippen LogP contribution < -0.4 is 10.6 Å². The van der Waals surface area contributed by atoms with Crippen molar-refractivity contribution in [3.63, 3.8) is 0 Å². The molecule has 2 amide bonds. The predicted octanol–water partition coefficient (Wildman–Crippen LogP) is 3.42. The average molecular weight is 374 g/mol. The first-order valence-electron chi connectivity index (χ1n) is 8.77. The molecule has 28 heavy (non-hydrogen) atoms. The number of carbonyl (C=O) groups is 2. The van der Waals surface area contributed by atoms with Crippen molar-refractivity contribution >= 4 is 23.0 Å². The van der Waals surface area contributed by atoms with Crippen LogP contribution in [0.4, 0.5) is 5.69 Å². The second-order valence-electron chi connectivity index (χ2n) is 6.33. The maximum Gasteiger partial charge on any atom is 0.288 e. The molecule has 0 atom stereocenters. The lowest BCUT2D eigenvalue weighted by Crippen LogP contribution is -2.25. The molecule has 0 aliphatic carbocycles. The monoisotopic (exact) mass is 374 g/mol. The summed E-state index contributed by atoms with van der Waals surface area (Å²) in [6, 6.07) is 16.3. The molecule has 2 N–H and O–H groups in total. The number of carbonyl (C=O) groups excluding carboxylic acids is 2. The number of nitrogens with one attached hydrogen (secondary N) is 2. The van der Waals surface area contributed by atoms with Crippen LogP contribution in [-0.4, -0.2) is 21.2 Å². The topological polar surface area (TPSA) is 88.6 Å². The molecule has 0 saturated carbocycles. The lowest BCUT2D eigenvalue weighted by Gasteiger charge is -2.04. The van der Waals surface area contributed by atoms with Crippen LogP contribution in [0, 0.1) is 6.92 Å². The molecule has 4 rings (SSSR count). The highest BCUT2D eigenvalue weighted by atomic mass is 16.3. The Morgan fingerprint density at radius 3 is 2.75 bits per heavy atom. The summed E-state index contributed by atoms with van der Waals surface area (Å²) >= 11 is 0. The molecule has 0 fully saturated rings. The zero-order chi connectivity index (χ0) is 19.5. The molecular formula is C21H18N4O3. The number of amides is 2.